The first-order chi connectivity index (χ1) is 19.7. The van der Waals surface area contributed by atoms with E-state index in [9.17, 15) is 27.6 Å². The number of fused-ring (bicyclic) bond motifs is 1. The maximum atomic E-state index is 14.0. The van der Waals surface area contributed by atoms with Crippen LogP contribution in [0.4, 0.5) is 28.6 Å². The number of nitrogens with one attached hydrogen (secondary N) is 3. The Hall–Kier alpha value is -4.39. The van der Waals surface area contributed by atoms with Crippen LogP contribution in [-0.4, -0.2) is 78.7 Å². The van der Waals surface area contributed by atoms with Crippen LogP contribution in [-0.2, 0) is 16.1 Å². The van der Waals surface area contributed by atoms with Crippen molar-refractivity contribution >= 4 is 34.6 Å². The average Bonchev–Trinajstić information content (AvgIpc) is 2.97. The number of amides is 4. The van der Waals surface area contributed by atoms with Gasteiger partial charge in [-0.1, -0.05) is 12.1 Å². The molecular formula is C28H31F3N6O4. The smallest absolute Gasteiger partial charge is 0.412 e. The van der Waals surface area contributed by atoms with Crippen molar-refractivity contribution in [2.45, 2.75) is 25.4 Å². The number of likely N-dealkylation sites (N-methyl/N-ethyl adjacent to an activating group) is 1. The number of hydrogen-bond acceptors (Lipinski definition) is 6. The standard InChI is InChI=1S/C28H31F3N6O4/c1-36(27(39)34-16-19-3-2-4-23(30)26(19)31)22(7-8-25(38)37-11-9-32-10-12-37)17-41-28(40)35-24-14-20-13-21(29)6-5-18(20)15-33-24/h2-6,13-15,22,32H,7-12,16-17H2,1H3,(H,34,39)(H,33,35,40)/t22-/m0/s1. The van der Waals surface area contributed by atoms with E-state index in [0.29, 0.717) is 37.0 Å². The van der Waals surface area contributed by atoms with E-state index in [2.05, 4.69) is 20.9 Å². The molecule has 10 nitrogen and oxygen atoms in total. The third-order valence-corrected chi connectivity index (χ3v) is 6.81. The number of ether oxygens (including phenoxy) is 1. The molecule has 1 aliphatic heterocycles. The molecule has 3 aromatic rings. The first-order valence-corrected chi connectivity index (χ1v) is 13.1. The quantitative estimate of drug-likeness (QED) is 0.361. The number of rotatable bonds is 9. The topological polar surface area (TPSA) is 116 Å². The van der Waals surface area contributed by atoms with Gasteiger partial charge in [-0.2, -0.15) is 0 Å². The van der Waals surface area contributed by atoms with Crippen LogP contribution >= 0.6 is 0 Å². The van der Waals surface area contributed by atoms with Crippen LogP contribution in [0, 0.1) is 17.5 Å². The molecule has 0 unspecified atom stereocenters. The van der Waals surface area contributed by atoms with Crippen molar-refractivity contribution in [3.63, 3.8) is 0 Å². The van der Waals surface area contributed by atoms with Crippen molar-refractivity contribution in [3.05, 3.63) is 71.7 Å². The Morgan fingerprint density at radius 1 is 1.10 bits per heavy atom. The number of pyridine rings is 1. The van der Waals surface area contributed by atoms with E-state index in [1.165, 1.54) is 48.5 Å². The molecule has 4 amide bonds. The summed E-state index contributed by atoms with van der Waals surface area (Å²) >= 11 is 0. The monoisotopic (exact) mass is 572 g/mol. The molecular weight excluding hydrogens is 541 g/mol. The molecule has 2 aromatic carbocycles. The van der Waals surface area contributed by atoms with E-state index in [-0.39, 0.29) is 43.3 Å². The minimum atomic E-state index is -1.06. The lowest BCUT2D eigenvalue weighted by Gasteiger charge is -2.30. The molecule has 41 heavy (non-hydrogen) atoms. The largest absolute Gasteiger partial charge is 0.447 e. The van der Waals surface area contributed by atoms with Gasteiger partial charge in [-0.25, -0.2) is 27.7 Å². The Labute approximate surface area is 234 Å². The zero-order valence-corrected chi connectivity index (χ0v) is 22.5. The van der Waals surface area contributed by atoms with Crippen LogP contribution in [0.15, 0.2) is 48.7 Å². The van der Waals surface area contributed by atoms with Gasteiger partial charge in [-0.15, -0.1) is 0 Å². The zero-order valence-electron chi connectivity index (χ0n) is 22.5. The summed E-state index contributed by atoms with van der Waals surface area (Å²) in [6, 6.07) is 7.99. The summed E-state index contributed by atoms with van der Waals surface area (Å²) in [7, 11) is 1.46. The van der Waals surface area contributed by atoms with E-state index in [1.54, 1.807) is 11.0 Å². The van der Waals surface area contributed by atoms with E-state index >= 15 is 0 Å². The SMILES string of the molecule is CN(C(=O)NCc1cccc(F)c1F)[C@@H](CCC(=O)N1CCNCC1)COC(=O)Nc1cc2cc(F)ccc2cn1. The van der Waals surface area contributed by atoms with Crippen LogP contribution in [0.5, 0.6) is 0 Å². The van der Waals surface area contributed by atoms with E-state index in [4.69, 9.17) is 4.74 Å². The molecule has 1 atom stereocenters. The summed E-state index contributed by atoms with van der Waals surface area (Å²) in [6.45, 7) is 1.98. The fraction of sp³-hybridized carbons (Fsp3) is 0.357. The number of nitrogens with zero attached hydrogens (tertiary/aromatic N) is 3. The van der Waals surface area contributed by atoms with Gasteiger partial charge in [0.25, 0.3) is 0 Å². The number of carbonyl (C=O) groups is 3. The molecule has 0 aliphatic carbocycles. The van der Waals surface area contributed by atoms with E-state index in [1.807, 2.05) is 0 Å². The van der Waals surface area contributed by atoms with Gasteiger partial charge in [-0.05, 0) is 42.1 Å². The number of anilines is 1. The molecule has 1 aliphatic rings. The van der Waals surface area contributed by atoms with Crippen LogP contribution in [0.25, 0.3) is 10.8 Å². The molecule has 0 spiro atoms. The van der Waals surface area contributed by atoms with Gasteiger partial charge in [0.05, 0.1) is 6.04 Å². The van der Waals surface area contributed by atoms with Crippen molar-refractivity contribution in [3.8, 4) is 0 Å². The second kappa shape index (κ2) is 13.8. The highest BCUT2D eigenvalue weighted by atomic mass is 19.2. The Kier molecular flexibility index (Phi) is 9.95. The first kappa shape index (κ1) is 29.6. The summed E-state index contributed by atoms with van der Waals surface area (Å²) in [5, 5.41) is 9.40. The summed E-state index contributed by atoms with van der Waals surface area (Å²) < 4.78 is 46.5. The third-order valence-electron chi connectivity index (χ3n) is 6.81. The van der Waals surface area contributed by atoms with Crippen molar-refractivity contribution in [1.82, 2.24) is 25.4 Å². The Morgan fingerprint density at radius 3 is 2.66 bits per heavy atom. The number of benzene rings is 2. The number of aromatic nitrogens is 1. The number of halogens is 3. The summed E-state index contributed by atoms with van der Waals surface area (Å²) in [6.07, 6.45) is 0.905. The molecule has 1 aromatic heterocycles. The molecule has 0 bridgehead atoms. The molecule has 4 rings (SSSR count). The van der Waals surface area contributed by atoms with Crippen LogP contribution in [0.1, 0.15) is 18.4 Å². The lowest BCUT2D eigenvalue weighted by atomic mass is 10.1. The van der Waals surface area contributed by atoms with E-state index < -0.39 is 35.6 Å². The Bertz CT molecular complexity index is 1400. The second-order valence-electron chi connectivity index (χ2n) is 9.59. The molecule has 13 heteroatoms. The van der Waals surface area contributed by atoms with Gasteiger partial charge in [0.15, 0.2) is 11.6 Å². The summed E-state index contributed by atoms with van der Waals surface area (Å²) in [4.78, 5) is 45.3. The van der Waals surface area contributed by atoms with Gasteiger partial charge in [-0.3, -0.25) is 10.1 Å². The molecule has 1 saturated heterocycles. The normalized spacial score (nSPS) is 13.9. The Balaban J connectivity index is 1.38. The molecule has 1 fully saturated rings. The lowest BCUT2D eigenvalue weighted by Crippen LogP contribution is -2.48. The van der Waals surface area contributed by atoms with Gasteiger partial charge in [0, 0.05) is 63.3 Å². The lowest BCUT2D eigenvalue weighted by molar-refractivity contribution is -0.132. The molecule has 3 N–H and O–H groups in total. The predicted octanol–water partition coefficient (Wildman–Crippen LogP) is 3.62. The number of carbonyl (C=O) groups excluding carboxylic acids is 3. The van der Waals surface area contributed by atoms with E-state index in [0.717, 1.165) is 6.07 Å². The van der Waals surface area contributed by atoms with Gasteiger partial charge in [0.1, 0.15) is 18.2 Å². The maximum Gasteiger partial charge on any atom is 0.412 e. The average molecular weight is 573 g/mol. The number of hydrogen-bond donors (Lipinski definition) is 3. The minimum absolute atomic E-state index is 0.0319. The first-order valence-electron chi connectivity index (χ1n) is 13.1. The van der Waals surface area contributed by atoms with Gasteiger partial charge in [0.2, 0.25) is 5.91 Å². The van der Waals surface area contributed by atoms with Crippen molar-refractivity contribution in [1.29, 1.82) is 0 Å². The molecule has 2 heterocycles. The van der Waals surface area contributed by atoms with Gasteiger partial charge < -0.3 is 25.2 Å². The highest BCUT2D eigenvalue weighted by Gasteiger charge is 2.25. The predicted molar refractivity (Wildman–Crippen MR) is 146 cm³/mol. The minimum Gasteiger partial charge on any atom is -0.447 e. The molecule has 0 saturated carbocycles. The van der Waals surface area contributed by atoms with Crippen LogP contribution < -0.4 is 16.0 Å². The highest BCUT2D eigenvalue weighted by Crippen LogP contribution is 2.18. The summed E-state index contributed by atoms with van der Waals surface area (Å²) in [5.74, 6) is -2.47. The van der Waals surface area contributed by atoms with Crippen molar-refractivity contribution < 1.29 is 32.3 Å². The van der Waals surface area contributed by atoms with Crippen molar-refractivity contribution in [2.24, 2.45) is 0 Å². The van der Waals surface area contributed by atoms with Crippen molar-refractivity contribution in [2.75, 3.05) is 45.2 Å². The maximum absolute atomic E-state index is 14.0. The number of urea groups is 1. The number of piperazine rings is 1. The molecule has 0 radical (unpaired) electrons. The second-order valence-corrected chi connectivity index (χ2v) is 9.59. The fourth-order valence-corrected chi connectivity index (χ4v) is 4.39. The fourth-order valence-electron chi connectivity index (χ4n) is 4.39. The van der Waals surface area contributed by atoms with Crippen LogP contribution in [0.3, 0.4) is 0 Å². The van der Waals surface area contributed by atoms with Gasteiger partial charge >= 0.3 is 12.1 Å². The highest BCUT2D eigenvalue weighted by molar-refractivity contribution is 5.89. The third kappa shape index (κ3) is 8.07. The molecule has 218 valence electrons. The Morgan fingerprint density at radius 2 is 1.88 bits per heavy atom. The summed E-state index contributed by atoms with van der Waals surface area (Å²) in [5.41, 5.74) is -0.0319. The zero-order chi connectivity index (χ0) is 29.4. The van der Waals surface area contributed by atoms with Crippen LogP contribution in [0.2, 0.25) is 0 Å².